The lowest BCUT2D eigenvalue weighted by Crippen LogP contribution is -2.26. The predicted octanol–water partition coefficient (Wildman–Crippen LogP) is 8.35. The zero-order valence-electron chi connectivity index (χ0n) is 29.3. The molecule has 1 aromatic heterocycles. The van der Waals surface area contributed by atoms with E-state index in [2.05, 4.69) is 70.1 Å². The van der Waals surface area contributed by atoms with Gasteiger partial charge in [0.2, 0.25) is 0 Å². The van der Waals surface area contributed by atoms with Crippen LogP contribution >= 0.6 is 0 Å². The lowest BCUT2D eigenvalue weighted by Gasteiger charge is -2.26. The monoisotopic (exact) mass is 639 g/mol. The van der Waals surface area contributed by atoms with Crippen LogP contribution in [0.25, 0.3) is 11.3 Å². The molecule has 0 aliphatic carbocycles. The molecule has 3 aromatic carbocycles. The minimum atomic E-state index is -0.659. The Balaban J connectivity index is 1.37. The van der Waals surface area contributed by atoms with E-state index >= 15 is 0 Å². The number of carbonyl (C=O) groups is 2. The van der Waals surface area contributed by atoms with Gasteiger partial charge < -0.3 is 14.2 Å². The molecule has 0 fully saturated rings. The molecular weight excluding hydrogens is 590 g/mol. The number of ether oxygens (including phenoxy) is 3. The predicted molar refractivity (Wildman–Crippen MR) is 185 cm³/mol. The molecule has 0 aliphatic heterocycles. The highest BCUT2D eigenvalue weighted by atomic mass is 16.5. The van der Waals surface area contributed by atoms with Crippen molar-refractivity contribution in [3.63, 3.8) is 0 Å². The van der Waals surface area contributed by atoms with Crippen LogP contribution in [0, 0.1) is 6.92 Å². The summed E-state index contributed by atoms with van der Waals surface area (Å²) in [5.41, 5.74) is 5.74. The van der Waals surface area contributed by atoms with Crippen LogP contribution in [0.2, 0.25) is 0 Å². The van der Waals surface area contributed by atoms with Crippen molar-refractivity contribution in [3.05, 3.63) is 95.2 Å². The average molecular weight is 640 g/mol. The van der Waals surface area contributed by atoms with Crippen LogP contribution in [-0.4, -0.2) is 39.6 Å². The van der Waals surface area contributed by atoms with Gasteiger partial charge in [0.1, 0.15) is 17.2 Å². The van der Waals surface area contributed by atoms with E-state index in [1.807, 2.05) is 63.2 Å². The average Bonchev–Trinajstić information content (AvgIpc) is 3.47. The maximum Gasteiger partial charge on any atom is 0.331 e. The molecule has 1 atom stereocenters. The largest absolute Gasteiger partial charge is 0.494 e. The van der Waals surface area contributed by atoms with E-state index in [0.717, 1.165) is 22.4 Å². The second kappa shape index (κ2) is 15.0. The molecule has 0 radical (unpaired) electrons. The van der Waals surface area contributed by atoms with Crippen molar-refractivity contribution in [2.75, 3.05) is 6.61 Å². The van der Waals surface area contributed by atoms with Crippen LogP contribution in [0.3, 0.4) is 0 Å². The standard InChI is InChI=1S/C39H49N3O5/c1-26(2)46-37(44)35(21-28-14-11-10-12-15-28)42-25-34(40-41-42)33-18-17-31(20-27(33)3)47-36(43)16-13-19-45-32-23-29(38(4,5)6)22-30(24-32)39(7,8)9/h10-12,14-15,17-18,20,22-26,35H,13,16,19,21H2,1-9H3/t35-/m0/s1. The molecule has 0 bridgehead atoms. The molecule has 4 rings (SSSR count). The molecule has 8 nitrogen and oxygen atoms in total. The lowest BCUT2D eigenvalue weighted by molar-refractivity contribution is -0.151. The maximum absolute atomic E-state index is 13.0. The van der Waals surface area contributed by atoms with Gasteiger partial charge in [-0.05, 0) is 90.6 Å². The van der Waals surface area contributed by atoms with Crippen molar-refractivity contribution in [1.82, 2.24) is 15.0 Å². The first-order valence-electron chi connectivity index (χ1n) is 16.4. The Bertz CT molecular complexity index is 1630. The molecule has 250 valence electrons. The minimum absolute atomic E-state index is 0.000349. The topological polar surface area (TPSA) is 92.5 Å². The summed E-state index contributed by atoms with van der Waals surface area (Å²) in [5, 5.41) is 8.65. The Labute approximate surface area is 279 Å². The summed E-state index contributed by atoms with van der Waals surface area (Å²) in [7, 11) is 0. The number of carbonyl (C=O) groups excluding carboxylic acids is 2. The van der Waals surface area contributed by atoms with Crippen LogP contribution in [0.1, 0.15) is 96.5 Å². The molecule has 0 unspecified atom stereocenters. The number of hydrogen-bond acceptors (Lipinski definition) is 7. The molecule has 0 aliphatic rings. The van der Waals surface area contributed by atoms with E-state index in [1.54, 1.807) is 16.9 Å². The smallest absolute Gasteiger partial charge is 0.331 e. The third kappa shape index (κ3) is 10.0. The van der Waals surface area contributed by atoms with Crippen LogP contribution in [0.4, 0.5) is 0 Å². The fraction of sp³-hybridized carbons (Fsp3) is 0.436. The van der Waals surface area contributed by atoms with Gasteiger partial charge in [0.25, 0.3) is 0 Å². The van der Waals surface area contributed by atoms with Crippen molar-refractivity contribution in [3.8, 4) is 22.8 Å². The quantitative estimate of drug-likeness (QED) is 0.0874. The van der Waals surface area contributed by atoms with E-state index in [9.17, 15) is 9.59 Å². The summed E-state index contributed by atoms with van der Waals surface area (Å²) >= 11 is 0. The number of rotatable bonds is 12. The highest BCUT2D eigenvalue weighted by molar-refractivity contribution is 5.75. The summed E-state index contributed by atoms with van der Waals surface area (Å²) in [6.07, 6.45) is 2.70. The molecule has 8 heteroatoms. The third-order valence-electron chi connectivity index (χ3n) is 7.86. The molecular formula is C39H49N3O5. The van der Waals surface area contributed by atoms with Crippen molar-refractivity contribution in [2.45, 2.75) is 105 Å². The van der Waals surface area contributed by atoms with Crippen molar-refractivity contribution in [2.24, 2.45) is 0 Å². The van der Waals surface area contributed by atoms with Gasteiger partial charge in [-0.2, -0.15) is 0 Å². The summed E-state index contributed by atoms with van der Waals surface area (Å²) in [6, 6.07) is 20.9. The third-order valence-corrected chi connectivity index (χ3v) is 7.86. The Morgan fingerprint density at radius 3 is 2.11 bits per heavy atom. The van der Waals surface area contributed by atoms with Crippen LogP contribution < -0.4 is 9.47 Å². The Morgan fingerprint density at radius 2 is 1.51 bits per heavy atom. The summed E-state index contributed by atoms with van der Waals surface area (Å²) in [5.74, 6) is 0.595. The molecule has 1 heterocycles. The molecule has 0 saturated heterocycles. The van der Waals surface area contributed by atoms with Crippen molar-refractivity contribution in [1.29, 1.82) is 0 Å². The van der Waals surface area contributed by atoms with E-state index < -0.39 is 6.04 Å². The molecule has 4 aromatic rings. The van der Waals surface area contributed by atoms with Gasteiger partial charge >= 0.3 is 11.9 Å². The second-order valence-electron chi connectivity index (χ2n) is 14.4. The molecule has 0 N–H and O–H groups in total. The van der Waals surface area contributed by atoms with E-state index in [-0.39, 0.29) is 35.3 Å². The van der Waals surface area contributed by atoms with Gasteiger partial charge in [-0.3, -0.25) is 4.79 Å². The molecule has 0 saturated carbocycles. The second-order valence-corrected chi connectivity index (χ2v) is 14.4. The van der Waals surface area contributed by atoms with Gasteiger partial charge in [0.15, 0.2) is 6.04 Å². The first-order valence-corrected chi connectivity index (χ1v) is 16.4. The number of esters is 2. The normalized spacial score (nSPS) is 12.6. The lowest BCUT2D eigenvalue weighted by atomic mass is 9.80. The Hall–Kier alpha value is -4.46. The fourth-order valence-electron chi connectivity index (χ4n) is 5.11. The summed E-state index contributed by atoms with van der Waals surface area (Å²) in [4.78, 5) is 25.7. The molecule has 0 spiro atoms. The van der Waals surface area contributed by atoms with Crippen LogP contribution in [0.15, 0.2) is 72.9 Å². The maximum atomic E-state index is 13.0. The zero-order valence-corrected chi connectivity index (χ0v) is 29.3. The van der Waals surface area contributed by atoms with Gasteiger partial charge in [-0.1, -0.05) is 83.2 Å². The number of nitrogens with zero attached hydrogens (tertiary/aromatic N) is 3. The van der Waals surface area contributed by atoms with Gasteiger partial charge in [-0.25, -0.2) is 9.48 Å². The zero-order chi connectivity index (χ0) is 34.4. The van der Waals surface area contributed by atoms with Crippen LogP contribution in [-0.2, 0) is 31.6 Å². The number of aryl methyl sites for hydroxylation is 1. The van der Waals surface area contributed by atoms with Crippen molar-refractivity contribution < 1.29 is 23.8 Å². The van der Waals surface area contributed by atoms with Gasteiger partial charge in [0.05, 0.1) is 18.9 Å². The van der Waals surface area contributed by atoms with Gasteiger partial charge in [-0.15, -0.1) is 5.10 Å². The molecule has 0 amide bonds. The van der Waals surface area contributed by atoms with E-state index in [4.69, 9.17) is 14.2 Å². The summed E-state index contributed by atoms with van der Waals surface area (Å²) in [6.45, 7) is 19.2. The van der Waals surface area contributed by atoms with Gasteiger partial charge in [0, 0.05) is 18.4 Å². The number of hydrogen-bond donors (Lipinski definition) is 0. The Morgan fingerprint density at radius 1 is 0.851 bits per heavy atom. The first-order chi connectivity index (χ1) is 22.1. The van der Waals surface area contributed by atoms with E-state index in [0.29, 0.717) is 30.9 Å². The highest BCUT2D eigenvalue weighted by Gasteiger charge is 2.26. The Kier molecular flexibility index (Phi) is 11.3. The molecule has 47 heavy (non-hydrogen) atoms. The number of benzene rings is 3. The SMILES string of the molecule is Cc1cc(OC(=O)CCCOc2cc(C(C)(C)C)cc(C(C)(C)C)c2)ccc1-c1cn([C@@H](Cc2ccccc2)C(=O)OC(C)C)nn1. The first kappa shape index (κ1) is 35.4. The van der Waals surface area contributed by atoms with Crippen molar-refractivity contribution >= 4 is 11.9 Å². The number of aromatic nitrogens is 3. The van der Waals surface area contributed by atoms with Crippen LogP contribution in [0.5, 0.6) is 11.5 Å². The van der Waals surface area contributed by atoms with E-state index in [1.165, 1.54) is 11.1 Å². The highest BCUT2D eigenvalue weighted by Crippen LogP contribution is 2.33. The minimum Gasteiger partial charge on any atom is -0.494 e. The fourth-order valence-corrected chi connectivity index (χ4v) is 5.11. The summed E-state index contributed by atoms with van der Waals surface area (Å²) < 4.78 is 18.8.